The largest absolute Gasteiger partial charge is 0.462 e. The fourth-order valence-electron chi connectivity index (χ4n) is 5.12. The van der Waals surface area contributed by atoms with Crippen molar-refractivity contribution in [2.24, 2.45) is 5.92 Å². The van der Waals surface area contributed by atoms with E-state index < -0.39 is 27.5 Å². The van der Waals surface area contributed by atoms with Gasteiger partial charge in [-0.3, -0.25) is 4.79 Å². The Morgan fingerprint density at radius 1 is 0.833 bits per heavy atom. The third-order valence-electron chi connectivity index (χ3n) is 7.17. The Morgan fingerprint density at radius 3 is 1.83 bits per heavy atom. The molecule has 0 radical (unpaired) electrons. The quantitative estimate of drug-likeness (QED) is 0.245. The summed E-state index contributed by atoms with van der Waals surface area (Å²) < 4.78 is 15.0. The lowest BCUT2D eigenvalue weighted by molar-refractivity contribution is -0.140. The van der Waals surface area contributed by atoms with Gasteiger partial charge < -0.3 is 19.1 Å². The number of esters is 3. The second-order valence-electron chi connectivity index (χ2n) is 10.8. The Labute approximate surface area is 260 Å². The average molecular weight is 632 g/mol. The molecular weight excluding hydrogens is 595 g/mol. The number of benzene rings is 1. The summed E-state index contributed by atoms with van der Waals surface area (Å²) in [5.41, 5.74) is 3.55. The lowest BCUT2D eigenvalue weighted by Crippen LogP contribution is -2.54. The molecule has 0 bridgehead atoms. The number of carbonyl (C=O) groups excluding carboxylic acids is 4. The molecule has 0 aromatic heterocycles. The smallest absolute Gasteiger partial charge is 0.346 e. The van der Waals surface area contributed by atoms with E-state index in [-0.39, 0.29) is 41.5 Å². The van der Waals surface area contributed by atoms with Crippen molar-refractivity contribution < 1.29 is 33.4 Å². The molecule has 1 aromatic carbocycles. The summed E-state index contributed by atoms with van der Waals surface area (Å²) in [5.74, 6) is -2.12. The third-order valence-corrected chi connectivity index (χ3v) is 11.6. The van der Waals surface area contributed by atoms with E-state index in [2.05, 4.69) is 6.07 Å². The molecule has 0 aliphatic carbocycles. The van der Waals surface area contributed by atoms with E-state index in [0.29, 0.717) is 4.91 Å². The van der Waals surface area contributed by atoms with E-state index in [1.165, 1.54) is 35.3 Å². The highest BCUT2D eigenvalue weighted by molar-refractivity contribution is 8.26. The summed E-state index contributed by atoms with van der Waals surface area (Å²) in [5, 5.41) is 0. The van der Waals surface area contributed by atoms with Gasteiger partial charge in [0.05, 0.1) is 36.0 Å². The molecule has 11 heteroatoms. The minimum atomic E-state index is -1.12. The molecule has 226 valence electrons. The molecule has 8 nitrogen and oxygen atoms in total. The molecule has 1 amide bonds. The van der Waals surface area contributed by atoms with Gasteiger partial charge in [0, 0.05) is 22.0 Å². The van der Waals surface area contributed by atoms with Crippen LogP contribution in [0, 0.1) is 19.8 Å². The predicted octanol–water partition coefficient (Wildman–Crippen LogP) is 6.50. The maximum atomic E-state index is 13.9. The van der Waals surface area contributed by atoms with Crippen molar-refractivity contribution in [3.8, 4) is 0 Å². The molecule has 3 aliphatic rings. The number of hydrogen-bond donors (Lipinski definition) is 0. The van der Waals surface area contributed by atoms with E-state index in [1.807, 2.05) is 52.5 Å². The first-order chi connectivity index (χ1) is 19.7. The molecule has 0 N–H and O–H groups in total. The normalized spacial score (nSPS) is 18.5. The Balaban J connectivity index is 2.06. The van der Waals surface area contributed by atoms with Crippen LogP contribution in [0.3, 0.4) is 0 Å². The van der Waals surface area contributed by atoms with Crippen LogP contribution in [0.1, 0.15) is 65.2 Å². The first-order valence-electron chi connectivity index (χ1n) is 14.0. The lowest BCUT2D eigenvalue weighted by atomic mass is 9.83. The molecule has 0 atom stereocenters. The summed E-state index contributed by atoms with van der Waals surface area (Å²) in [6.45, 7) is 17.3. The van der Waals surface area contributed by atoms with Gasteiger partial charge in [-0.05, 0) is 77.8 Å². The van der Waals surface area contributed by atoms with E-state index in [9.17, 15) is 19.2 Å². The molecule has 1 spiro atoms. The third kappa shape index (κ3) is 5.43. The van der Waals surface area contributed by atoms with Crippen molar-refractivity contribution in [2.75, 3.05) is 24.7 Å². The molecular formula is C31H37NO7S3. The molecule has 3 aliphatic heterocycles. The Hall–Kier alpha value is -2.63. The van der Waals surface area contributed by atoms with Crippen LogP contribution in [0.2, 0.25) is 0 Å². The van der Waals surface area contributed by atoms with E-state index in [4.69, 9.17) is 14.2 Å². The molecule has 0 fully saturated rings. The Morgan fingerprint density at radius 2 is 1.33 bits per heavy atom. The van der Waals surface area contributed by atoms with Gasteiger partial charge in [0.1, 0.15) is 13.9 Å². The number of ether oxygens (including phenoxy) is 3. The molecule has 1 aromatic rings. The number of thioether (sulfide) groups is 3. The van der Waals surface area contributed by atoms with Crippen LogP contribution >= 0.6 is 35.3 Å². The van der Waals surface area contributed by atoms with Gasteiger partial charge >= 0.3 is 17.9 Å². The molecule has 0 saturated heterocycles. The molecule has 42 heavy (non-hydrogen) atoms. The summed E-state index contributed by atoms with van der Waals surface area (Å²) >= 11 is 3.61. The van der Waals surface area contributed by atoms with Crippen LogP contribution in [0.25, 0.3) is 5.57 Å². The maximum Gasteiger partial charge on any atom is 0.346 e. The maximum absolute atomic E-state index is 13.9. The van der Waals surface area contributed by atoms with Crippen LogP contribution in [-0.2, 0) is 33.4 Å². The minimum absolute atomic E-state index is 0.0535. The number of aryl methyl sites for hydroxylation is 2. The average Bonchev–Trinajstić information content (AvgIpc) is 3.29. The van der Waals surface area contributed by atoms with Gasteiger partial charge in [0.2, 0.25) is 5.91 Å². The van der Waals surface area contributed by atoms with Crippen molar-refractivity contribution in [1.29, 1.82) is 0 Å². The van der Waals surface area contributed by atoms with Crippen LogP contribution < -0.4 is 4.90 Å². The first kappa shape index (κ1) is 32.3. The number of rotatable bonds is 7. The molecule has 0 unspecified atom stereocenters. The Kier molecular flexibility index (Phi) is 9.35. The summed E-state index contributed by atoms with van der Waals surface area (Å²) in [4.78, 5) is 56.8. The van der Waals surface area contributed by atoms with E-state index >= 15 is 0 Å². The SMILES string of the molecule is CCOC(=O)C1=CC2(SC(C(=O)OCC)=C(C(=O)OCC)S2)C2=C(S1)C(C)(C)N(C(=O)C(C)C)c1cc(C)c(C)cc12. The highest BCUT2D eigenvalue weighted by Crippen LogP contribution is 2.68. The second kappa shape index (κ2) is 12.2. The van der Waals surface area contributed by atoms with E-state index in [1.54, 1.807) is 26.8 Å². The zero-order valence-corrected chi connectivity index (χ0v) is 27.9. The lowest BCUT2D eigenvalue weighted by Gasteiger charge is -2.50. The highest BCUT2D eigenvalue weighted by Gasteiger charge is 2.56. The second-order valence-corrected chi connectivity index (χ2v) is 14.7. The van der Waals surface area contributed by atoms with Gasteiger partial charge in [-0.1, -0.05) is 49.1 Å². The van der Waals surface area contributed by atoms with Gasteiger partial charge in [0.25, 0.3) is 0 Å². The fourth-order valence-corrected chi connectivity index (χ4v) is 9.85. The summed E-state index contributed by atoms with van der Waals surface area (Å²) in [7, 11) is 0. The molecule has 4 rings (SSSR count). The van der Waals surface area contributed by atoms with Crippen molar-refractivity contribution >= 4 is 70.4 Å². The first-order valence-corrected chi connectivity index (χ1v) is 16.4. The number of nitrogens with zero attached hydrogens (tertiary/aromatic N) is 1. The predicted molar refractivity (Wildman–Crippen MR) is 170 cm³/mol. The summed E-state index contributed by atoms with van der Waals surface area (Å²) in [6.07, 6.45) is 1.78. The zero-order chi connectivity index (χ0) is 31.1. The van der Waals surface area contributed by atoms with Crippen LogP contribution in [0.15, 0.2) is 37.8 Å². The minimum Gasteiger partial charge on any atom is -0.462 e. The number of fused-ring (bicyclic) bond motifs is 3. The molecule has 0 saturated carbocycles. The van der Waals surface area contributed by atoms with Gasteiger partial charge in [-0.15, -0.1) is 0 Å². The number of carbonyl (C=O) groups is 4. The van der Waals surface area contributed by atoms with Crippen LogP contribution in [-0.4, -0.2) is 53.3 Å². The molecule has 3 heterocycles. The van der Waals surface area contributed by atoms with Crippen molar-refractivity contribution in [1.82, 2.24) is 0 Å². The van der Waals surface area contributed by atoms with Crippen molar-refractivity contribution in [3.05, 3.63) is 54.5 Å². The number of anilines is 1. The number of hydrogen-bond acceptors (Lipinski definition) is 10. The van der Waals surface area contributed by atoms with Gasteiger partial charge in [0.15, 0.2) is 0 Å². The highest BCUT2D eigenvalue weighted by atomic mass is 32.2. The van der Waals surface area contributed by atoms with Crippen molar-refractivity contribution in [3.63, 3.8) is 0 Å². The fraction of sp³-hybridized carbons (Fsp3) is 0.484. The monoisotopic (exact) mass is 631 g/mol. The Bertz CT molecular complexity index is 1420. The van der Waals surface area contributed by atoms with Crippen LogP contribution in [0.5, 0.6) is 0 Å². The van der Waals surface area contributed by atoms with Gasteiger partial charge in [-0.2, -0.15) is 0 Å². The van der Waals surface area contributed by atoms with Crippen molar-refractivity contribution in [2.45, 2.75) is 71.9 Å². The van der Waals surface area contributed by atoms with Gasteiger partial charge in [-0.25, -0.2) is 14.4 Å². The standard InChI is InChI=1S/C31H37NO7S3/c1-10-37-27(34)21-15-31(41-23(28(35)38-11-2)24(42-31)29(36)39-12-3)22-19-13-17(6)18(7)14-20(19)32(26(33)16(4)5)30(8,9)25(22)40-21/h13-16H,10-12H2,1-9H3. The number of amides is 1. The summed E-state index contributed by atoms with van der Waals surface area (Å²) in [6, 6.07) is 4.07. The van der Waals surface area contributed by atoms with Crippen LogP contribution in [0.4, 0.5) is 5.69 Å². The zero-order valence-electron chi connectivity index (χ0n) is 25.5. The van der Waals surface area contributed by atoms with E-state index in [0.717, 1.165) is 32.9 Å². The topological polar surface area (TPSA) is 99.2 Å².